The molecule has 0 radical (unpaired) electrons. The van der Waals surface area contributed by atoms with Crippen molar-refractivity contribution in [3.05, 3.63) is 77.9 Å². The Morgan fingerprint density at radius 3 is 2.15 bits per heavy atom. The molecule has 3 aromatic carbocycles. The van der Waals surface area contributed by atoms with Gasteiger partial charge in [0, 0.05) is 12.1 Å². The number of rotatable bonds is 5. The number of amides is 1. The fourth-order valence-corrected chi connectivity index (χ4v) is 2.58. The highest BCUT2D eigenvalue weighted by atomic mass is 16.5. The number of carbonyl (C=O) groups is 1. The number of phenols is 2. The normalized spacial score (nSPS) is 10.3. The van der Waals surface area contributed by atoms with Crippen molar-refractivity contribution in [2.24, 2.45) is 0 Å². The Balaban J connectivity index is 1.65. The molecule has 0 aliphatic heterocycles. The van der Waals surface area contributed by atoms with Gasteiger partial charge in [-0.1, -0.05) is 30.3 Å². The van der Waals surface area contributed by atoms with Crippen LogP contribution in [-0.2, 0) is 6.54 Å². The van der Waals surface area contributed by atoms with Crippen molar-refractivity contribution in [3.8, 4) is 28.4 Å². The quantitative estimate of drug-likeness (QED) is 0.656. The van der Waals surface area contributed by atoms with Gasteiger partial charge in [-0.15, -0.1) is 0 Å². The lowest BCUT2D eigenvalue weighted by Gasteiger charge is -2.09. The number of ether oxygens (including phenoxy) is 1. The predicted molar refractivity (Wildman–Crippen MR) is 99.4 cm³/mol. The van der Waals surface area contributed by atoms with Crippen molar-refractivity contribution in [1.29, 1.82) is 0 Å². The first-order valence-corrected chi connectivity index (χ1v) is 8.10. The number of methoxy groups -OCH3 is 1. The van der Waals surface area contributed by atoms with Crippen LogP contribution in [0.1, 0.15) is 15.9 Å². The molecule has 0 saturated carbocycles. The molecule has 0 atom stereocenters. The number of hydrogen-bond donors (Lipinski definition) is 3. The summed E-state index contributed by atoms with van der Waals surface area (Å²) in [6.07, 6.45) is 0. The second-order valence-electron chi connectivity index (χ2n) is 5.81. The van der Waals surface area contributed by atoms with E-state index in [0.717, 1.165) is 16.7 Å². The van der Waals surface area contributed by atoms with Crippen LogP contribution in [0.25, 0.3) is 11.1 Å². The van der Waals surface area contributed by atoms with Gasteiger partial charge in [0.2, 0.25) is 0 Å². The Kier molecular flexibility index (Phi) is 5.08. The van der Waals surface area contributed by atoms with Crippen molar-refractivity contribution in [2.45, 2.75) is 6.54 Å². The summed E-state index contributed by atoms with van der Waals surface area (Å²) in [7, 11) is 1.48. The highest BCUT2D eigenvalue weighted by molar-refractivity contribution is 5.94. The molecule has 3 N–H and O–H groups in total. The maximum Gasteiger partial charge on any atom is 0.251 e. The van der Waals surface area contributed by atoms with Gasteiger partial charge in [0.25, 0.3) is 5.91 Å². The van der Waals surface area contributed by atoms with Gasteiger partial charge in [-0.2, -0.15) is 0 Å². The molecular formula is C21H19NO4. The fourth-order valence-electron chi connectivity index (χ4n) is 2.58. The molecular weight excluding hydrogens is 330 g/mol. The largest absolute Gasteiger partial charge is 0.508 e. The zero-order chi connectivity index (χ0) is 18.5. The van der Waals surface area contributed by atoms with Crippen LogP contribution in [0.3, 0.4) is 0 Å². The number of phenolic OH excluding ortho intramolecular Hbond substituents is 2. The number of aromatic hydroxyl groups is 2. The SMILES string of the molecule is COc1cc(CNC(=O)c2ccc(-c3ccc(O)cc3)cc2)ccc1O. The number of benzene rings is 3. The van der Waals surface area contributed by atoms with Crippen molar-refractivity contribution in [3.63, 3.8) is 0 Å². The Morgan fingerprint density at radius 2 is 1.54 bits per heavy atom. The monoisotopic (exact) mass is 349 g/mol. The summed E-state index contributed by atoms with van der Waals surface area (Å²) in [5.74, 6) is 0.465. The zero-order valence-corrected chi connectivity index (χ0v) is 14.3. The minimum atomic E-state index is -0.186. The van der Waals surface area contributed by atoms with E-state index >= 15 is 0 Å². The summed E-state index contributed by atoms with van der Waals surface area (Å²) in [5.41, 5.74) is 3.31. The average Bonchev–Trinajstić information content (AvgIpc) is 2.68. The minimum absolute atomic E-state index is 0.0624. The highest BCUT2D eigenvalue weighted by Gasteiger charge is 2.08. The minimum Gasteiger partial charge on any atom is -0.508 e. The smallest absolute Gasteiger partial charge is 0.251 e. The van der Waals surface area contributed by atoms with E-state index in [9.17, 15) is 15.0 Å². The molecule has 0 unspecified atom stereocenters. The number of hydrogen-bond acceptors (Lipinski definition) is 4. The van der Waals surface area contributed by atoms with Gasteiger partial charge in [0.1, 0.15) is 5.75 Å². The average molecular weight is 349 g/mol. The first-order valence-electron chi connectivity index (χ1n) is 8.10. The van der Waals surface area contributed by atoms with Crippen LogP contribution < -0.4 is 10.1 Å². The van der Waals surface area contributed by atoms with Crippen LogP contribution in [-0.4, -0.2) is 23.2 Å². The van der Waals surface area contributed by atoms with Crippen LogP contribution in [0.15, 0.2) is 66.7 Å². The molecule has 132 valence electrons. The molecule has 26 heavy (non-hydrogen) atoms. The summed E-state index contributed by atoms with van der Waals surface area (Å²) < 4.78 is 5.06. The molecule has 5 nitrogen and oxygen atoms in total. The van der Waals surface area contributed by atoms with E-state index in [4.69, 9.17) is 4.74 Å². The number of nitrogens with one attached hydrogen (secondary N) is 1. The molecule has 5 heteroatoms. The van der Waals surface area contributed by atoms with Gasteiger partial charge in [0.15, 0.2) is 11.5 Å². The maximum atomic E-state index is 12.3. The lowest BCUT2D eigenvalue weighted by molar-refractivity contribution is 0.0951. The van der Waals surface area contributed by atoms with Crippen LogP contribution >= 0.6 is 0 Å². The molecule has 0 heterocycles. The summed E-state index contributed by atoms with van der Waals surface area (Å²) in [4.78, 5) is 12.3. The van der Waals surface area contributed by atoms with Crippen LogP contribution in [0.2, 0.25) is 0 Å². The summed E-state index contributed by atoms with van der Waals surface area (Å²) in [5, 5.41) is 21.8. The third-order valence-electron chi connectivity index (χ3n) is 4.04. The van der Waals surface area contributed by atoms with Crippen molar-refractivity contribution >= 4 is 5.91 Å². The van der Waals surface area contributed by atoms with E-state index in [-0.39, 0.29) is 17.4 Å². The van der Waals surface area contributed by atoms with Crippen molar-refractivity contribution in [1.82, 2.24) is 5.32 Å². The van der Waals surface area contributed by atoms with Crippen molar-refractivity contribution < 1.29 is 19.7 Å². The summed E-state index contributed by atoms with van der Waals surface area (Å²) >= 11 is 0. The summed E-state index contributed by atoms with van der Waals surface area (Å²) in [6.45, 7) is 0.329. The molecule has 0 saturated heterocycles. The Hall–Kier alpha value is -3.47. The van der Waals surface area contributed by atoms with E-state index in [0.29, 0.717) is 17.9 Å². The third kappa shape index (κ3) is 3.95. The molecule has 0 aliphatic carbocycles. The summed E-state index contributed by atoms with van der Waals surface area (Å²) in [6, 6.07) is 19.1. The third-order valence-corrected chi connectivity index (χ3v) is 4.04. The van der Waals surface area contributed by atoms with Gasteiger partial charge < -0.3 is 20.3 Å². The molecule has 0 fully saturated rings. The molecule has 3 rings (SSSR count). The van der Waals surface area contributed by atoms with Gasteiger partial charge in [-0.05, 0) is 53.1 Å². The molecule has 1 amide bonds. The zero-order valence-electron chi connectivity index (χ0n) is 14.3. The van der Waals surface area contributed by atoms with Gasteiger partial charge in [0.05, 0.1) is 7.11 Å². The van der Waals surface area contributed by atoms with Gasteiger partial charge in [-0.25, -0.2) is 0 Å². The highest BCUT2D eigenvalue weighted by Crippen LogP contribution is 2.26. The van der Waals surface area contributed by atoms with E-state index in [1.54, 1.807) is 36.4 Å². The number of carbonyl (C=O) groups excluding carboxylic acids is 1. The first kappa shape index (κ1) is 17.4. The van der Waals surface area contributed by atoms with Crippen LogP contribution in [0.5, 0.6) is 17.2 Å². The van der Waals surface area contributed by atoms with Gasteiger partial charge >= 0.3 is 0 Å². The predicted octanol–water partition coefficient (Wildman–Crippen LogP) is 3.70. The van der Waals surface area contributed by atoms with E-state index in [1.165, 1.54) is 13.2 Å². The fraction of sp³-hybridized carbons (Fsp3) is 0.0952. The molecule has 0 aliphatic rings. The Labute approximate surface area is 151 Å². The first-order chi connectivity index (χ1) is 12.6. The van der Waals surface area contributed by atoms with Crippen molar-refractivity contribution in [2.75, 3.05) is 7.11 Å². The lowest BCUT2D eigenvalue weighted by Crippen LogP contribution is -2.22. The Bertz CT molecular complexity index is 902. The molecule has 0 spiro atoms. The molecule has 0 aromatic heterocycles. The molecule has 3 aromatic rings. The molecule has 0 bridgehead atoms. The van der Waals surface area contributed by atoms with Crippen LogP contribution in [0, 0.1) is 0 Å². The van der Waals surface area contributed by atoms with E-state index in [1.807, 2.05) is 24.3 Å². The Morgan fingerprint density at radius 1 is 0.923 bits per heavy atom. The van der Waals surface area contributed by atoms with Crippen LogP contribution in [0.4, 0.5) is 0 Å². The second kappa shape index (κ2) is 7.61. The second-order valence-corrected chi connectivity index (χ2v) is 5.81. The lowest BCUT2D eigenvalue weighted by atomic mass is 10.0. The topological polar surface area (TPSA) is 78.8 Å². The standard InChI is InChI=1S/C21H19NO4/c1-26-20-12-14(2-11-19(20)24)13-22-21(25)17-5-3-15(4-6-17)16-7-9-18(23)10-8-16/h2-12,23-24H,13H2,1H3,(H,22,25). The maximum absolute atomic E-state index is 12.3. The van der Waals surface area contributed by atoms with E-state index in [2.05, 4.69) is 5.32 Å². The van der Waals surface area contributed by atoms with Gasteiger partial charge in [-0.3, -0.25) is 4.79 Å². The van der Waals surface area contributed by atoms with E-state index < -0.39 is 0 Å².